The number of carbonyl (C=O) groups excluding carboxylic acids is 3. The number of piperazine rings is 1. The fourth-order valence-corrected chi connectivity index (χ4v) is 5.33. The highest BCUT2D eigenvalue weighted by atomic mass is 19.1. The smallest absolute Gasteiger partial charge is 0.255 e. The number of methoxy groups -OCH3 is 1. The maximum absolute atomic E-state index is 14.6. The lowest BCUT2D eigenvalue weighted by Crippen LogP contribution is -2.52. The Bertz CT molecular complexity index is 1190. The second kappa shape index (κ2) is 9.30. The van der Waals surface area contributed by atoms with Gasteiger partial charge in [-0.3, -0.25) is 24.6 Å². The number of piperidine rings is 1. The van der Waals surface area contributed by atoms with Crippen LogP contribution in [0.5, 0.6) is 5.75 Å². The molecule has 3 heterocycles. The number of halogens is 1. The zero-order valence-corrected chi connectivity index (χ0v) is 20.0. The second-order valence-corrected chi connectivity index (χ2v) is 9.47. The molecular weight excluding hydrogens is 451 g/mol. The van der Waals surface area contributed by atoms with Crippen LogP contribution >= 0.6 is 0 Å². The molecule has 1 unspecified atom stereocenters. The van der Waals surface area contributed by atoms with Crippen LogP contribution in [0.2, 0.25) is 0 Å². The van der Waals surface area contributed by atoms with Crippen LogP contribution in [0.15, 0.2) is 30.3 Å². The number of imide groups is 1. The van der Waals surface area contributed by atoms with E-state index in [4.69, 9.17) is 4.74 Å². The number of fused-ring (bicyclic) bond motifs is 1. The highest BCUT2D eigenvalue weighted by molar-refractivity contribution is 6.06. The standard InChI is InChI=1S/C26H29FN4O4/c1-16-9-17(11-19(10-16)35-2)14-29-5-7-30(8-6-29)23-13-18(27)12-20-21(23)15-31(26(20)34)22-3-4-24(32)28-25(22)33/h9-13,22H,3-8,14-15H2,1-2H3,(H,28,32,33). The Kier molecular flexibility index (Phi) is 6.19. The van der Waals surface area contributed by atoms with Crippen molar-refractivity contribution in [2.45, 2.75) is 38.9 Å². The average molecular weight is 481 g/mol. The Balaban J connectivity index is 1.30. The first-order chi connectivity index (χ1) is 16.8. The molecule has 2 aromatic rings. The number of nitrogens with one attached hydrogen (secondary N) is 1. The number of ether oxygens (including phenoxy) is 1. The van der Waals surface area contributed by atoms with E-state index in [1.807, 2.05) is 19.1 Å². The van der Waals surface area contributed by atoms with Crippen molar-refractivity contribution in [3.63, 3.8) is 0 Å². The van der Waals surface area contributed by atoms with Crippen molar-refractivity contribution in [1.82, 2.24) is 15.1 Å². The predicted molar refractivity (Wildman–Crippen MR) is 128 cm³/mol. The van der Waals surface area contributed by atoms with E-state index in [0.717, 1.165) is 36.5 Å². The van der Waals surface area contributed by atoms with Crippen LogP contribution in [0, 0.1) is 12.7 Å². The van der Waals surface area contributed by atoms with Crippen LogP contribution in [0.4, 0.5) is 10.1 Å². The zero-order valence-electron chi connectivity index (χ0n) is 20.0. The van der Waals surface area contributed by atoms with Gasteiger partial charge in [0, 0.05) is 62.5 Å². The Morgan fingerprint density at radius 2 is 1.83 bits per heavy atom. The number of aryl methyl sites for hydroxylation is 1. The molecule has 0 aliphatic carbocycles. The number of rotatable bonds is 5. The molecule has 0 saturated carbocycles. The van der Waals surface area contributed by atoms with Gasteiger partial charge in [0.05, 0.1) is 7.11 Å². The molecule has 8 nitrogen and oxygen atoms in total. The third-order valence-corrected chi connectivity index (χ3v) is 7.06. The molecule has 0 aromatic heterocycles. The van der Waals surface area contributed by atoms with Crippen LogP contribution in [-0.4, -0.2) is 66.9 Å². The number of benzene rings is 2. The summed E-state index contributed by atoms with van der Waals surface area (Å²) in [5, 5.41) is 2.31. The lowest BCUT2D eigenvalue weighted by Gasteiger charge is -2.37. The molecule has 0 spiro atoms. The lowest BCUT2D eigenvalue weighted by molar-refractivity contribution is -0.136. The van der Waals surface area contributed by atoms with Crippen molar-refractivity contribution in [3.8, 4) is 5.75 Å². The van der Waals surface area contributed by atoms with Gasteiger partial charge < -0.3 is 14.5 Å². The van der Waals surface area contributed by atoms with Crippen LogP contribution in [0.3, 0.4) is 0 Å². The van der Waals surface area contributed by atoms with E-state index < -0.39 is 17.8 Å². The zero-order chi connectivity index (χ0) is 24.7. The van der Waals surface area contributed by atoms with E-state index in [0.29, 0.717) is 24.3 Å². The summed E-state index contributed by atoms with van der Waals surface area (Å²) in [5.41, 5.74) is 4.10. The van der Waals surface area contributed by atoms with E-state index in [-0.39, 0.29) is 31.2 Å². The Hall–Kier alpha value is -3.46. The first kappa shape index (κ1) is 23.3. The molecular formula is C26H29FN4O4. The molecule has 2 fully saturated rings. The summed E-state index contributed by atoms with van der Waals surface area (Å²) in [4.78, 5) is 42.9. The molecule has 5 rings (SSSR count). The second-order valence-electron chi connectivity index (χ2n) is 9.47. The van der Waals surface area contributed by atoms with Gasteiger partial charge in [-0.1, -0.05) is 6.07 Å². The lowest BCUT2D eigenvalue weighted by atomic mass is 10.0. The third-order valence-electron chi connectivity index (χ3n) is 7.06. The largest absolute Gasteiger partial charge is 0.497 e. The van der Waals surface area contributed by atoms with Crippen molar-refractivity contribution in [3.05, 3.63) is 58.4 Å². The number of amides is 3. The Morgan fingerprint density at radius 3 is 2.54 bits per heavy atom. The van der Waals surface area contributed by atoms with E-state index in [1.54, 1.807) is 7.11 Å². The van der Waals surface area contributed by atoms with E-state index in [2.05, 4.69) is 21.2 Å². The van der Waals surface area contributed by atoms with Crippen LogP contribution in [0.1, 0.15) is 39.9 Å². The number of anilines is 1. The summed E-state index contributed by atoms with van der Waals surface area (Å²) in [7, 11) is 1.67. The maximum Gasteiger partial charge on any atom is 0.255 e. The fourth-order valence-electron chi connectivity index (χ4n) is 5.33. The van der Waals surface area contributed by atoms with Gasteiger partial charge in [-0.2, -0.15) is 0 Å². The van der Waals surface area contributed by atoms with Gasteiger partial charge in [-0.25, -0.2) is 4.39 Å². The van der Waals surface area contributed by atoms with Gasteiger partial charge in [-0.15, -0.1) is 0 Å². The van der Waals surface area contributed by atoms with Gasteiger partial charge in [-0.05, 0) is 48.7 Å². The molecule has 3 amide bonds. The molecule has 184 valence electrons. The summed E-state index contributed by atoms with van der Waals surface area (Å²) in [5.74, 6) is -0.775. The molecule has 9 heteroatoms. The molecule has 2 saturated heterocycles. The van der Waals surface area contributed by atoms with Gasteiger partial charge in [0.15, 0.2) is 0 Å². The minimum absolute atomic E-state index is 0.187. The van der Waals surface area contributed by atoms with Gasteiger partial charge in [0.2, 0.25) is 11.8 Å². The molecule has 0 radical (unpaired) electrons. The highest BCUT2D eigenvalue weighted by Gasteiger charge is 2.41. The van der Waals surface area contributed by atoms with Crippen molar-refractivity contribution < 1.29 is 23.5 Å². The van der Waals surface area contributed by atoms with Gasteiger partial charge in [0.25, 0.3) is 5.91 Å². The molecule has 3 aliphatic heterocycles. The predicted octanol–water partition coefficient (Wildman–Crippen LogP) is 2.23. The number of carbonyl (C=O) groups is 3. The van der Waals surface area contributed by atoms with E-state index >= 15 is 0 Å². The third kappa shape index (κ3) is 4.60. The van der Waals surface area contributed by atoms with Crippen molar-refractivity contribution in [2.75, 3.05) is 38.2 Å². The van der Waals surface area contributed by atoms with Crippen LogP contribution in [-0.2, 0) is 22.7 Å². The first-order valence-electron chi connectivity index (χ1n) is 11.9. The molecule has 1 atom stereocenters. The molecule has 1 N–H and O–H groups in total. The topological polar surface area (TPSA) is 82.2 Å². The monoisotopic (exact) mass is 480 g/mol. The van der Waals surface area contributed by atoms with Crippen LogP contribution in [0.25, 0.3) is 0 Å². The van der Waals surface area contributed by atoms with Crippen molar-refractivity contribution in [2.24, 2.45) is 0 Å². The minimum atomic E-state index is -0.716. The normalized spacial score (nSPS) is 20.8. The molecule has 35 heavy (non-hydrogen) atoms. The highest BCUT2D eigenvalue weighted by Crippen LogP contribution is 2.35. The minimum Gasteiger partial charge on any atom is -0.497 e. The number of nitrogens with zero attached hydrogens (tertiary/aromatic N) is 3. The summed E-state index contributed by atoms with van der Waals surface area (Å²) in [6.45, 7) is 6.08. The maximum atomic E-state index is 14.6. The number of hydrogen-bond donors (Lipinski definition) is 1. The fraction of sp³-hybridized carbons (Fsp3) is 0.423. The summed E-state index contributed by atoms with van der Waals surface area (Å²) >= 11 is 0. The summed E-state index contributed by atoms with van der Waals surface area (Å²) in [6, 6.07) is 8.24. The molecule has 0 bridgehead atoms. The SMILES string of the molecule is COc1cc(C)cc(CN2CCN(c3cc(F)cc4c3CN(C3CCC(=O)NC3=O)C4=O)CC2)c1. The quantitative estimate of drug-likeness (QED) is 0.661. The summed E-state index contributed by atoms with van der Waals surface area (Å²) in [6.07, 6.45) is 0.469. The van der Waals surface area contributed by atoms with Gasteiger partial charge >= 0.3 is 0 Å². The van der Waals surface area contributed by atoms with Gasteiger partial charge in [0.1, 0.15) is 17.6 Å². The Morgan fingerprint density at radius 1 is 1.06 bits per heavy atom. The molecule has 2 aromatic carbocycles. The average Bonchev–Trinajstić information content (AvgIpc) is 3.14. The number of hydrogen-bond acceptors (Lipinski definition) is 6. The first-order valence-corrected chi connectivity index (χ1v) is 11.9. The van der Waals surface area contributed by atoms with Crippen LogP contribution < -0.4 is 15.0 Å². The molecule has 3 aliphatic rings. The summed E-state index contributed by atoms with van der Waals surface area (Å²) < 4.78 is 20.0. The van der Waals surface area contributed by atoms with Crippen molar-refractivity contribution in [1.29, 1.82) is 0 Å². The van der Waals surface area contributed by atoms with Crippen molar-refractivity contribution >= 4 is 23.4 Å². The Labute approximate surface area is 203 Å². The van der Waals surface area contributed by atoms with E-state index in [9.17, 15) is 18.8 Å². The van der Waals surface area contributed by atoms with E-state index in [1.165, 1.54) is 22.6 Å².